The van der Waals surface area contributed by atoms with E-state index in [4.69, 9.17) is 37.8 Å². The highest BCUT2D eigenvalue weighted by Crippen LogP contribution is 2.40. The molecule has 0 aromatic heterocycles. The molecule has 1 aliphatic heterocycles. The second-order valence-corrected chi connectivity index (χ2v) is 7.55. The van der Waals surface area contributed by atoms with E-state index in [1.54, 1.807) is 18.2 Å². The third kappa shape index (κ3) is 4.67. The summed E-state index contributed by atoms with van der Waals surface area (Å²) in [6.45, 7) is -0.589. The number of ether oxygens (including phenoxy) is 2. The summed E-state index contributed by atoms with van der Waals surface area (Å²) in [7, 11) is 1.37. The normalized spacial score (nSPS) is 15.1. The Kier molecular flexibility index (Phi) is 6.36. The molecule has 0 unspecified atom stereocenters. The molecule has 1 N–H and O–H groups in total. The minimum absolute atomic E-state index is 0.0701. The van der Waals surface area contributed by atoms with Crippen molar-refractivity contribution in [1.29, 1.82) is 0 Å². The molecule has 0 bridgehead atoms. The number of carboxylic acids is 1. The number of benzene rings is 2. The summed E-state index contributed by atoms with van der Waals surface area (Å²) in [6.07, 6.45) is 1.49. The van der Waals surface area contributed by atoms with Crippen LogP contribution < -0.4 is 14.4 Å². The molecule has 2 aromatic carbocycles. The summed E-state index contributed by atoms with van der Waals surface area (Å²) in [5.74, 6) is -1.40. The number of hydrogen-bond donors (Lipinski definition) is 1. The number of carboxylic acid groups (broad SMARTS) is 1. The van der Waals surface area contributed by atoms with Gasteiger partial charge in [-0.2, -0.15) is 0 Å². The second kappa shape index (κ2) is 8.77. The number of carbonyl (C=O) groups excluding carboxylic acids is 2. The molecule has 29 heavy (non-hydrogen) atoms. The standard InChI is InChI=1S/C19H13Cl2NO6S/c1-27-14-6-10(5-13(21)17(14)28-9-16(23)24)7-15-18(25)22(19(26)29-15)12-4-2-3-11(20)8-12/h2-8H,9H2,1H3,(H,23,24)/b15-7+. The van der Waals surface area contributed by atoms with Crippen molar-refractivity contribution in [3.05, 3.63) is 56.9 Å². The highest BCUT2D eigenvalue weighted by molar-refractivity contribution is 8.19. The lowest BCUT2D eigenvalue weighted by Gasteiger charge is -2.13. The van der Waals surface area contributed by atoms with Crippen LogP contribution >= 0.6 is 35.0 Å². The third-order valence-corrected chi connectivity index (χ3v) is 5.14. The van der Waals surface area contributed by atoms with Crippen LogP contribution in [0.15, 0.2) is 41.3 Å². The molecule has 0 aliphatic carbocycles. The summed E-state index contributed by atoms with van der Waals surface area (Å²) in [6, 6.07) is 9.42. The minimum Gasteiger partial charge on any atom is -0.493 e. The quantitative estimate of drug-likeness (QED) is 0.632. The molecule has 150 valence electrons. The number of rotatable bonds is 6. The molecule has 3 rings (SSSR count). The van der Waals surface area contributed by atoms with E-state index in [0.29, 0.717) is 16.3 Å². The average molecular weight is 454 g/mol. The first-order valence-corrected chi connectivity index (χ1v) is 9.63. The van der Waals surface area contributed by atoms with Crippen LogP contribution in [0.3, 0.4) is 0 Å². The molecule has 0 radical (unpaired) electrons. The maximum absolute atomic E-state index is 12.7. The Morgan fingerprint density at radius 3 is 2.66 bits per heavy atom. The topological polar surface area (TPSA) is 93.1 Å². The molecule has 2 amide bonds. The van der Waals surface area contributed by atoms with Crippen LogP contribution in [0.25, 0.3) is 6.08 Å². The highest BCUT2D eigenvalue weighted by atomic mass is 35.5. The fraction of sp³-hybridized carbons (Fsp3) is 0.105. The highest BCUT2D eigenvalue weighted by Gasteiger charge is 2.36. The SMILES string of the molecule is COc1cc(/C=C2/SC(=O)N(c3cccc(Cl)c3)C2=O)cc(Cl)c1OCC(=O)O. The van der Waals surface area contributed by atoms with Crippen LogP contribution in [0.2, 0.25) is 10.0 Å². The Labute approximate surface area is 179 Å². The molecule has 1 saturated heterocycles. The van der Waals surface area contributed by atoms with Crippen molar-refractivity contribution in [2.45, 2.75) is 0 Å². The van der Waals surface area contributed by atoms with Crippen LogP contribution in [0.5, 0.6) is 11.5 Å². The average Bonchev–Trinajstić information content (AvgIpc) is 2.93. The van der Waals surface area contributed by atoms with Crippen molar-refractivity contribution in [3.8, 4) is 11.5 Å². The third-order valence-electron chi connectivity index (χ3n) is 3.75. The zero-order valence-electron chi connectivity index (χ0n) is 14.8. The van der Waals surface area contributed by atoms with E-state index in [1.165, 1.54) is 31.4 Å². The molecular weight excluding hydrogens is 441 g/mol. The maximum atomic E-state index is 12.7. The molecule has 1 aliphatic rings. The van der Waals surface area contributed by atoms with Crippen molar-refractivity contribution >= 4 is 63.8 Å². The number of anilines is 1. The summed E-state index contributed by atoms with van der Waals surface area (Å²) < 4.78 is 10.3. The van der Waals surface area contributed by atoms with E-state index in [0.717, 1.165) is 16.7 Å². The van der Waals surface area contributed by atoms with E-state index in [-0.39, 0.29) is 21.4 Å². The van der Waals surface area contributed by atoms with Crippen LogP contribution in [0.1, 0.15) is 5.56 Å². The predicted octanol–water partition coefficient (Wildman–Crippen LogP) is 4.71. The first-order chi connectivity index (χ1) is 13.8. The number of aliphatic carboxylic acids is 1. The van der Waals surface area contributed by atoms with E-state index < -0.39 is 23.7 Å². The number of nitrogens with zero attached hydrogens (tertiary/aromatic N) is 1. The first kappa shape index (κ1) is 21.0. The van der Waals surface area contributed by atoms with Gasteiger partial charge in [-0.1, -0.05) is 29.3 Å². The van der Waals surface area contributed by atoms with Crippen LogP contribution in [0.4, 0.5) is 10.5 Å². The van der Waals surface area contributed by atoms with Crippen molar-refractivity contribution in [3.63, 3.8) is 0 Å². The van der Waals surface area contributed by atoms with Crippen molar-refractivity contribution < 1.29 is 29.0 Å². The molecule has 1 fully saturated rings. The molecule has 1 heterocycles. The van der Waals surface area contributed by atoms with Gasteiger partial charge in [-0.15, -0.1) is 0 Å². The minimum atomic E-state index is -1.16. The van der Waals surface area contributed by atoms with E-state index in [1.807, 2.05) is 0 Å². The summed E-state index contributed by atoms with van der Waals surface area (Å²) in [5.41, 5.74) is 0.850. The van der Waals surface area contributed by atoms with Gasteiger partial charge in [0.25, 0.3) is 11.1 Å². The van der Waals surface area contributed by atoms with Gasteiger partial charge in [0.2, 0.25) is 0 Å². The molecular formula is C19H13Cl2NO6S. The number of halogens is 2. The second-order valence-electron chi connectivity index (χ2n) is 5.71. The Hall–Kier alpha value is -2.68. The summed E-state index contributed by atoms with van der Waals surface area (Å²) in [4.78, 5) is 37.0. The number of hydrogen-bond acceptors (Lipinski definition) is 6. The Bertz CT molecular complexity index is 1040. The Morgan fingerprint density at radius 2 is 2.00 bits per heavy atom. The fourth-order valence-corrected chi connectivity index (χ4v) is 3.85. The first-order valence-electron chi connectivity index (χ1n) is 8.06. The zero-order valence-corrected chi connectivity index (χ0v) is 17.2. The van der Waals surface area contributed by atoms with Gasteiger partial charge in [-0.05, 0) is 53.7 Å². The lowest BCUT2D eigenvalue weighted by molar-refractivity contribution is -0.139. The number of thioether (sulfide) groups is 1. The van der Waals surface area contributed by atoms with Crippen molar-refractivity contribution in [2.75, 3.05) is 18.6 Å². The molecule has 0 saturated carbocycles. The van der Waals surface area contributed by atoms with Gasteiger partial charge in [-0.3, -0.25) is 9.59 Å². The van der Waals surface area contributed by atoms with Crippen molar-refractivity contribution in [2.24, 2.45) is 0 Å². The number of amides is 2. The summed E-state index contributed by atoms with van der Waals surface area (Å²) >= 11 is 12.9. The zero-order chi connectivity index (χ0) is 21.1. The smallest absolute Gasteiger partial charge is 0.341 e. The van der Waals surface area contributed by atoms with Gasteiger partial charge in [0, 0.05) is 5.02 Å². The number of imide groups is 1. The van der Waals surface area contributed by atoms with E-state index in [9.17, 15) is 14.4 Å². The number of methoxy groups -OCH3 is 1. The van der Waals surface area contributed by atoms with Crippen LogP contribution in [-0.4, -0.2) is 35.9 Å². The van der Waals surface area contributed by atoms with Gasteiger partial charge < -0.3 is 14.6 Å². The lowest BCUT2D eigenvalue weighted by atomic mass is 10.1. The van der Waals surface area contributed by atoms with Crippen LogP contribution in [-0.2, 0) is 9.59 Å². The largest absolute Gasteiger partial charge is 0.493 e. The fourth-order valence-electron chi connectivity index (χ4n) is 2.55. The van der Waals surface area contributed by atoms with Crippen molar-refractivity contribution in [1.82, 2.24) is 0 Å². The molecule has 10 heteroatoms. The Morgan fingerprint density at radius 1 is 1.24 bits per heavy atom. The number of carbonyl (C=O) groups is 3. The molecule has 2 aromatic rings. The maximum Gasteiger partial charge on any atom is 0.341 e. The van der Waals surface area contributed by atoms with E-state index in [2.05, 4.69) is 0 Å². The predicted molar refractivity (Wildman–Crippen MR) is 111 cm³/mol. The summed E-state index contributed by atoms with van der Waals surface area (Å²) in [5, 5.41) is 8.81. The van der Waals surface area contributed by atoms with Gasteiger partial charge in [0.1, 0.15) is 0 Å². The molecule has 0 spiro atoms. The van der Waals surface area contributed by atoms with Gasteiger partial charge >= 0.3 is 5.97 Å². The monoisotopic (exact) mass is 453 g/mol. The molecule has 7 nitrogen and oxygen atoms in total. The van der Waals surface area contributed by atoms with Gasteiger partial charge in [-0.25, -0.2) is 9.69 Å². The van der Waals surface area contributed by atoms with Gasteiger partial charge in [0.15, 0.2) is 18.1 Å². The van der Waals surface area contributed by atoms with Gasteiger partial charge in [0.05, 0.1) is 22.7 Å². The lowest BCUT2D eigenvalue weighted by Crippen LogP contribution is -2.27. The Balaban J connectivity index is 1.92. The van der Waals surface area contributed by atoms with Crippen LogP contribution in [0, 0.1) is 0 Å². The molecule has 0 atom stereocenters. The van der Waals surface area contributed by atoms with E-state index >= 15 is 0 Å².